The predicted octanol–water partition coefficient (Wildman–Crippen LogP) is 1.57. The van der Waals surface area contributed by atoms with Gasteiger partial charge in [0.1, 0.15) is 0 Å². The number of aryl methyl sites for hydroxylation is 1. The second-order valence-electron chi connectivity index (χ2n) is 3.87. The molecule has 0 aliphatic rings. The number of anilines is 1. The van der Waals surface area contributed by atoms with Crippen LogP contribution in [0.25, 0.3) is 10.9 Å². The fourth-order valence-electron chi connectivity index (χ4n) is 1.75. The summed E-state index contributed by atoms with van der Waals surface area (Å²) in [6, 6.07) is 7.11. The summed E-state index contributed by atoms with van der Waals surface area (Å²) in [5.41, 5.74) is 5.90. The van der Waals surface area contributed by atoms with Gasteiger partial charge in [-0.2, -0.15) is 0 Å². The van der Waals surface area contributed by atoms with Gasteiger partial charge in [0.15, 0.2) is 0 Å². The average molecular weight is 262 g/mol. The van der Waals surface area contributed by atoms with Gasteiger partial charge in [-0.25, -0.2) is 20.4 Å². The number of nitrogens with one attached hydrogen (secondary N) is 3. The SMILES string of the molecule is COC(=O)NNC(=O)Nc1cn(C)c2ccccc12. The molecular formula is C12H14N4O3. The third-order valence-electron chi connectivity index (χ3n) is 2.61. The van der Waals surface area contributed by atoms with Crippen LogP contribution in [0, 0.1) is 0 Å². The summed E-state index contributed by atoms with van der Waals surface area (Å²) in [5.74, 6) is 0. The maximum absolute atomic E-state index is 11.6. The first-order chi connectivity index (χ1) is 9.11. The number of nitrogens with zero attached hydrogens (tertiary/aromatic N) is 1. The van der Waals surface area contributed by atoms with E-state index < -0.39 is 12.1 Å². The molecule has 0 fully saturated rings. The van der Waals surface area contributed by atoms with Crippen molar-refractivity contribution in [3.8, 4) is 0 Å². The quantitative estimate of drug-likeness (QED) is 0.682. The Morgan fingerprint density at radius 2 is 1.95 bits per heavy atom. The van der Waals surface area contributed by atoms with Crippen molar-refractivity contribution in [1.82, 2.24) is 15.4 Å². The fourth-order valence-corrected chi connectivity index (χ4v) is 1.75. The molecule has 2 rings (SSSR count). The minimum absolute atomic E-state index is 0.554. The Kier molecular flexibility index (Phi) is 3.56. The van der Waals surface area contributed by atoms with Gasteiger partial charge in [0, 0.05) is 24.1 Å². The Morgan fingerprint density at radius 1 is 1.21 bits per heavy atom. The summed E-state index contributed by atoms with van der Waals surface area (Å²) in [7, 11) is 3.09. The molecule has 7 heteroatoms. The number of methoxy groups -OCH3 is 1. The van der Waals surface area contributed by atoms with E-state index in [-0.39, 0.29) is 0 Å². The van der Waals surface area contributed by atoms with Crippen LogP contribution < -0.4 is 16.2 Å². The summed E-state index contributed by atoms with van der Waals surface area (Å²) in [4.78, 5) is 22.4. The topological polar surface area (TPSA) is 84.4 Å². The number of benzene rings is 1. The van der Waals surface area contributed by atoms with Crippen LogP contribution in [0.2, 0.25) is 0 Å². The molecule has 1 heterocycles. The molecule has 2 aromatic rings. The molecule has 0 spiro atoms. The molecule has 19 heavy (non-hydrogen) atoms. The Hall–Kier alpha value is -2.70. The summed E-state index contributed by atoms with van der Waals surface area (Å²) in [6.07, 6.45) is 1.05. The zero-order valence-corrected chi connectivity index (χ0v) is 10.6. The van der Waals surface area contributed by atoms with Crippen LogP contribution in [0.1, 0.15) is 0 Å². The Labute approximate surface area is 109 Å². The molecule has 3 N–H and O–H groups in total. The van der Waals surface area contributed by atoms with E-state index in [2.05, 4.69) is 20.9 Å². The van der Waals surface area contributed by atoms with Crippen LogP contribution in [0.4, 0.5) is 15.3 Å². The third-order valence-corrected chi connectivity index (χ3v) is 2.61. The molecule has 0 saturated carbocycles. The average Bonchev–Trinajstić information content (AvgIpc) is 2.73. The van der Waals surface area contributed by atoms with Crippen molar-refractivity contribution in [3.63, 3.8) is 0 Å². The number of aromatic nitrogens is 1. The highest BCUT2D eigenvalue weighted by Gasteiger charge is 2.09. The van der Waals surface area contributed by atoms with Gasteiger partial charge in [-0.05, 0) is 6.07 Å². The normalized spacial score (nSPS) is 10.0. The minimum atomic E-state index is -0.743. The van der Waals surface area contributed by atoms with Gasteiger partial charge in [-0.3, -0.25) is 0 Å². The molecule has 100 valence electrons. The molecular weight excluding hydrogens is 248 g/mol. The molecule has 0 bridgehead atoms. The number of hydrogen-bond donors (Lipinski definition) is 3. The molecule has 0 atom stereocenters. The smallest absolute Gasteiger partial charge is 0.425 e. The molecule has 3 amide bonds. The van der Waals surface area contributed by atoms with Crippen molar-refractivity contribution in [1.29, 1.82) is 0 Å². The van der Waals surface area contributed by atoms with Gasteiger partial charge in [-0.15, -0.1) is 0 Å². The molecule has 1 aromatic carbocycles. The van der Waals surface area contributed by atoms with Crippen LogP contribution in [0.3, 0.4) is 0 Å². The van der Waals surface area contributed by atoms with Crippen molar-refractivity contribution < 1.29 is 14.3 Å². The van der Waals surface area contributed by atoms with Gasteiger partial charge in [0.2, 0.25) is 0 Å². The number of amides is 3. The number of carbonyl (C=O) groups is 2. The molecule has 0 radical (unpaired) electrons. The lowest BCUT2D eigenvalue weighted by Gasteiger charge is -2.06. The molecule has 0 aliphatic heterocycles. The van der Waals surface area contributed by atoms with Gasteiger partial charge in [0.25, 0.3) is 0 Å². The first kappa shape index (κ1) is 12.7. The Morgan fingerprint density at radius 3 is 2.68 bits per heavy atom. The van der Waals surface area contributed by atoms with Crippen LogP contribution in [0.5, 0.6) is 0 Å². The highest BCUT2D eigenvalue weighted by Crippen LogP contribution is 2.24. The van der Waals surface area contributed by atoms with Gasteiger partial charge < -0.3 is 14.6 Å². The number of fused-ring (bicyclic) bond motifs is 1. The maximum atomic E-state index is 11.6. The lowest BCUT2D eigenvalue weighted by atomic mass is 10.2. The van der Waals surface area contributed by atoms with Crippen molar-refractivity contribution in [3.05, 3.63) is 30.5 Å². The van der Waals surface area contributed by atoms with E-state index in [4.69, 9.17) is 0 Å². The number of para-hydroxylation sites is 1. The number of hydrogen-bond acceptors (Lipinski definition) is 3. The fraction of sp³-hybridized carbons (Fsp3) is 0.167. The second kappa shape index (κ2) is 5.30. The molecule has 0 saturated heterocycles. The third kappa shape index (κ3) is 2.76. The summed E-state index contributed by atoms with van der Waals surface area (Å²) in [5, 5.41) is 3.56. The van der Waals surface area contributed by atoms with E-state index in [1.54, 1.807) is 6.20 Å². The number of carbonyl (C=O) groups excluding carboxylic acids is 2. The van der Waals surface area contributed by atoms with Crippen molar-refractivity contribution in [2.45, 2.75) is 0 Å². The van der Waals surface area contributed by atoms with E-state index in [9.17, 15) is 9.59 Å². The van der Waals surface area contributed by atoms with Gasteiger partial charge >= 0.3 is 12.1 Å². The second-order valence-corrected chi connectivity index (χ2v) is 3.87. The van der Waals surface area contributed by atoms with E-state index >= 15 is 0 Å². The number of urea groups is 1. The van der Waals surface area contributed by atoms with Gasteiger partial charge in [-0.1, -0.05) is 18.2 Å². The van der Waals surface area contributed by atoms with Crippen LogP contribution in [-0.4, -0.2) is 23.8 Å². The molecule has 1 aromatic heterocycles. The minimum Gasteiger partial charge on any atom is -0.452 e. The number of hydrazine groups is 1. The van der Waals surface area contributed by atoms with Crippen molar-refractivity contribution >= 4 is 28.7 Å². The zero-order valence-electron chi connectivity index (χ0n) is 10.6. The standard InChI is InChI=1S/C12H14N4O3/c1-16-7-9(8-5-3-4-6-10(8)16)13-11(17)14-15-12(18)19-2/h3-7H,1-2H3,(H,15,18)(H2,13,14,17). The van der Waals surface area contributed by atoms with E-state index in [1.165, 1.54) is 7.11 Å². The summed E-state index contributed by atoms with van der Waals surface area (Å²) >= 11 is 0. The van der Waals surface area contributed by atoms with E-state index in [1.807, 2.05) is 35.9 Å². The highest BCUT2D eigenvalue weighted by atomic mass is 16.5. The molecule has 0 aliphatic carbocycles. The summed E-state index contributed by atoms with van der Waals surface area (Å²) in [6.45, 7) is 0. The van der Waals surface area contributed by atoms with E-state index in [0.29, 0.717) is 5.69 Å². The Balaban J connectivity index is 2.09. The number of rotatable bonds is 1. The largest absolute Gasteiger partial charge is 0.452 e. The lowest BCUT2D eigenvalue weighted by molar-refractivity contribution is 0.166. The first-order valence-electron chi connectivity index (χ1n) is 5.57. The molecule has 7 nitrogen and oxygen atoms in total. The van der Waals surface area contributed by atoms with E-state index in [0.717, 1.165) is 10.9 Å². The van der Waals surface area contributed by atoms with Crippen LogP contribution in [-0.2, 0) is 11.8 Å². The van der Waals surface area contributed by atoms with Crippen LogP contribution >= 0.6 is 0 Å². The highest BCUT2D eigenvalue weighted by molar-refractivity contribution is 6.01. The van der Waals surface area contributed by atoms with Gasteiger partial charge in [0.05, 0.1) is 12.8 Å². The summed E-state index contributed by atoms with van der Waals surface area (Å²) < 4.78 is 6.23. The number of ether oxygens (including phenoxy) is 1. The molecule has 0 unspecified atom stereocenters. The first-order valence-corrected chi connectivity index (χ1v) is 5.57. The maximum Gasteiger partial charge on any atom is 0.425 e. The lowest BCUT2D eigenvalue weighted by Crippen LogP contribution is -2.43. The van der Waals surface area contributed by atoms with Crippen molar-refractivity contribution in [2.24, 2.45) is 7.05 Å². The van der Waals surface area contributed by atoms with Crippen molar-refractivity contribution in [2.75, 3.05) is 12.4 Å². The van der Waals surface area contributed by atoms with Crippen LogP contribution in [0.15, 0.2) is 30.5 Å². The Bertz CT molecular complexity index is 620. The predicted molar refractivity (Wildman–Crippen MR) is 70.6 cm³/mol. The zero-order chi connectivity index (χ0) is 13.8. The monoisotopic (exact) mass is 262 g/mol.